The zero-order chi connectivity index (χ0) is 18.2. The van der Waals surface area contributed by atoms with Crippen molar-refractivity contribution in [2.45, 2.75) is 13.3 Å². The minimum absolute atomic E-state index is 0.220. The van der Waals surface area contributed by atoms with Crippen molar-refractivity contribution in [3.05, 3.63) is 58.1 Å². The van der Waals surface area contributed by atoms with Gasteiger partial charge in [0.2, 0.25) is 5.91 Å². The minimum atomic E-state index is -0.431. The monoisotopic (exact) mass is 404 g/mol. The van der Waals surface area contributed by atoms with E-state index in [2.05, 4.69) is 26.5 Å². The first-order chi connectivity index (χ1) is 12.0. The molecule has 1 N–H and O–H groups in total. The van der Waals surface area contributed by atoms with E-state index in [0.29, 0.717) is 17.1 Å². The molecule has 0 saturated carbocycles. The Bertz CT molecular complexity index is 788. The van der Waals surface area contributed by atoms with Crippen molar-refractivity contribution in [2.24, 2.45) is 5.10 Å². The Morgan fingerprint density at radius 1 is 1.16 bits per heavy atom. The highest BCUT2D eigenvalue weighted by atomic mass is 79.9. The van der Waals surface area contributed by atoms with Crippen molar-refractivity contribution in [1.82, 2.24) is 5.43 Å². The summed E-state index contributed by atoms with van der Waals surface area (Å²) in [4.78, 5) is 22.9. The number of benzene rings is 2. The van der Waals surface area contributed by atoms with Crippen LogP contribution < -0.4 is 14.9 Å². The van der Waals surface area contributed by atoms with Gasteiger partial charge in [-0.3, -0.25) is 9.59 Å². The Morgan fingerprint density at radius 2 is 1.88 bits per heavy atom. The van der Waals surface area contributed by atoms with Gasteiger partial charge in [-0.2, -0.15) is 5.10 Å². The first-order valence-corrected chi connectivity index (χ1v) is 8.20. The average Bonchev–Trinajstić information content (AvgIpc) is 2.57. The van der Waals surface area contributed by atoms with Crippen molar-refractivity contribution in [3.8, 4) is 11.5 Å². The average molecular weight is 405 g/mol. The second-order valence-corrected chi connectivity index (χ2v) is 6.02. The van der Waals surface area contributed by atoms with Crippen LogP contribution in [0.2, 0.25) is 0 Å². The van der Waals surface area contributed by atoms with E-state index in [9.17, 15) is 9.59 Å². The van der Waals surface area contributed by atoms with E-state index < -0.39 is 5.97 Å². The second kappa shape index (κ2) is 8.98. The Balaban J connectivity index is 1.95. The lowest BCUT2D eigenvalue weighted by Gasteiger charge is -2.08. The van der Waals surface area contributed by atoms with Gasteiger partial charge in [-0.1, -0.05) is 28.1 Å². The van der Waals surface area contributed by atoms with E-state index in [4.69, 9.17) is 9.47 Å². The molecule has 0 unspecified atom stereocenters. The van der Waals surface area contributed by atoms with E-state index in [1.807, 2.05) is 24.3 Å². The molecule has 2 aromatic rings. The molecule has 7 heteroatoms. The highest BCUT2D eigenvalue weighted by molar-refractivity contribution is 9.10. The number of halogens is 1. The van der Waals surface area contributed by atoms with Gasteiger partial charge in [0.15, 0.2) is 11.5 Å². The zero-order valence-corrected chi connectivity index (χ0v) is 15.4. The standard InChI is InChI=1S/C18H17BrN2O4/c1-12(22)25-16-8-5-14(9-17(16)24-2)11-20-21-18(23)10-13-3-6-15(19)7-4-13/h3-9,11H,10H2,1-2H3,(H,21,23)/b20-11-. The number of carbonyl (C=O) groups excluding carboxylic acids is 2. The summed E-state index contributed by atoms with van der Waals surface area (Å²) in [6.07, 6.45) is 1.72. The molecule has 0 heterocycles. The molecule has 0 spiro atoms. The summed E-state index contributed by atoms with van der Waals surface area (Å²) < 4.78 is 11.2. The van der Waals surface area contributed by atoms with Crippen LogP contribution in [0.15, 0.2) is 52.0 Å². The van der Waals surface area contributed by atoms with Gasteiger partial charge in [-0.25, -0.2) is 5.43 Å². The van der Waals surface area contributed by atoms with Crippen LogP contribution in [-0.2, 0) is 16.0 Å². The lowest BCUT2D eigenvalue weighted by atomic mass is 10.1. The molecule has 0 atom stereocenters. The van der Waals surface area contributed by atoms with Gasteiger partial charge >= 0.3 is 5.97 Å². The number of methoxy groups -OCH3 is 1. The largest absolute Gasteiger partial charge is 0.493 e. The van der Waals surface area contributed by atoms with Crippen molar-refractivity contribution < 1.29 is 19.1 Å². The summed E-state index contributed by atoms with van der Waals surface area (Å²) >= 11 is 3.35. The third-order valence-electron chi connectivity index (χ3n) is 3.12. The molecule has 1 amide bonds. The van der Waals surface area contributed by atoms with E-state index >= 15 is 0 Å². The lowest BCUT2D eigenvalue weighted by Crippen LogP contribution is -2.19. The van der Waals surface area contributed by atoms with Crippen molar-refractivity contribution in [1.29, 1.82) is 0 Å². The molecule has 25 heavy (non-hydrogen) atoms. The zero-order valence-electron chi connectivity index (χ0n) is 13.8. The third-order valence-corrected chi connectivity index (χ3v) is 3.65. The summed E-state index contributed by atoms with van der Waals surface area (Å²) in [7, 11) is 1.48. The predicted molar refractivity (Wildman–Crippen MR) is 97.9 cm³/mol. The van der Waals surface area contributed by atoms with E-state index in [-0.39, 0.29) is 12.3 Å². The van der Waals surface area contributed by atoms with Crippen molar-refractivity contribution in [2.75, 3.05) is 7.11 Å². The van der Waals surface area contributed by atoms with Gasteiger partial charge in [0.05, 0.1) is 19.7 Å². The van der Waals surface area contributed by atoms with Crippen LogP contribution in [0.5, 0.6) is 11.5 Å². The Morgan fingerprint density at radius 3 is 2.52 bits per heavy atom. The van der Waals surface area contributed by atoms with Crippen LogP contribution in [0.4, 0.5) is 0 Å². The molecule has 2 aromatic carbocycles. The maximum absolute atomic E-state index is 11.9. The van der Waals surface area contributed by atoms with E-state index in [1.165, 1.54) is 20.2 Å². The number of nitrogens with one attached hydrogen (secondary N) is 1. The van der Waals surface area contributed by atoms with Crippen LogP contribution in [0, 0.1) is 0 Å². The minimum Gasteiger partial charge on any atom is -0.493 e. The molecular weight excluding hydrogens is 388 g/mol. The number of rotatable bonds is 6. The maximum Gasteiger partial charge on any atom is 0.308 e. The van der Waals surface area contributed by atoms with Crippen molar-refractivity contribution in [3.63, 3.8) is 0 Å². The predicted octanol–water partition coefficient (Wildman–Crippen LogP) is 3.08. The summed E-state index contributed by atoms with van der Waals surface area (Å²) in [6, 6.07) is 12.4. The van der Waals surface area contributed by atoms with Gasteiger partial charge in [0, 0.05) is 11.4 Å². The Kier molecular flexibility index (Phi) is 6.71. The fraction of sp³-hybridized carbons (Fsp3) is 0.167. The number of nitrogens with zero attached hydrogens (tertiary/aromatic N) is 1. The fourth-order valence-corrected chi connectivity index (χ4v) is 2.27. The smallest absolute Gasteiger partial charge is 0.308 e. The fourth-order valence-electron chi connectivity index (χ4n) is 2.01. The maximum atomic E-state index is 11.9. The number of hydrogen-bond donors (Lipinski definition) is 1. The molecule has 0 bridgehead atoms. The SMILES string of the molecule is COc1cc(/C=N\NC(=O)Cc2ccc(Br)cc2)ccc1OC(C)=O. The molecule has 130 valence electrons. The summed E-state index contributed by atoms with van der Waals surface area (Å²) in [5.74, 6) is 0.0776. The summed E-state index contributed by atoms with van der Waals surface area (Å²) in [5, 5.41) is 3.92. The number of ether oxygens (including phenoxy) is 2. The van der Waals surface area contributed by atoms with Crippen LogP contribution in [-0.4, -0.2) is 25.2 Å². The van der Waals surface area contributed by atoms with Crippen LogP contribution in [0.1, 0.15) is 18.1 Å². The van der Waals surface area contributed by atoms with Gasteiger partial charge in [-0.05, 0) is 41.5 Å². The highest BCUT2D eigenvalue weighted by Crippen LogP contribution is 2.27. The molecular formula is C18H17BrN2O4. The molecule has 0 radical (unpaired) electrons. The van der Waals surface area contributed by atoms with Crippen molar-refractivity contribution >= 4 is 34.0 Å². The molecule has 0 aromatic heterocycles. The molecule has 0 aliphatic heterocycles. The molecule has 0 saturated heterocycles. The number of hydrogen-bond acceptors (Lipinski definition) is 5. The van der Waals surface area contributed by atoms with Gasteiger partial charge in [0.1, 0.15) is 0 Å². The van der Waals surface area contributed by atoms with Crippen LogP contribution >= 0.6 is 15.9 Å². The topological polar surface area (TPSA) is 77.0 Å². The number of esters is 1. The number of amides is 1. The lowest BCUT2D eigenvalue weighted by molar-refractivity contribution is -0.132. The second-order valence-electron chi connectivity index (χ2n) is 5.10. The van der Waals surface area contributed by atoms with Gasteiger partial charge in [-0.15, -0.1) is 0 Å². The quantitative estimate of drug-likeness (QED) is 0.347. The third kappa shape index (κ3) is 6.04. The van der Waals surface area contributed by atoms with E-state index in [0.717, 1.165) is 10.0 Å². The summed E-state index contributed by atoms with van der Waals surface area (Å²) in [6.45, 7) is 1.32. The van der Waals surface area contributed by atoms with Crippen LogP contribution in [0.3, 0.4) is 0 Å². The molecule has 0 aliphatic rings. The van der Waals surface area contributed by atoms with Gasteiger partial charge < -0.3 is 9.47 Å². The first kappa shape index (κ1) is 18.7. The molecule has 0 fully saturated rings. The summed E-state index contributed by atoms with van der Waals surface area (Å²) in [5.41, 5.74) is 4.05. The Labute approximate surface area is 154 Å². The normalized spacial score (nSPS) is 10.5. The molecule has 0 aliphatic carbocycles. The Hall–Kier alpha value is -2.67. The van der Waals surface area contributed by atoms with Gasteiger partial charge in [0.25, 0.3) is 0 Å². The number of hydrazone groups is 1. The van der Waals surface area contributed by atoms with E-state index in [1.54, 1.807) is 18.2 Å². The number of carbonyl (C=O) groups is 2. The molecule has 2 rings (SSSR count). The van der Waals surface area contributed by atoms with Crippen LogP contribution in [0.25, 0.3) is 0 Å². The molecule has 6 nitrogen and oxygen atoms in total. The highest BCUT2D eigenvalue weighted by Gasteiger charge is 2.07. The first-order valence-electron chi connectivity index (χ1n) is 7.40.